The predicted molar refractivity (Wildman–Crippen MR) is 136 cm³/mol. The Morgan fingerprint density at radius 2 is 1.91 bits per heavy atom. The van der Waals surface area contributed by atoms with Crippen molar-refractivity contribution in [2.75, 3.05) is 50.6 Å². The van der Waals surface area contributed by atoms with Crippen LogP contribution in [0.1, 0.15) is 29.8 Å². The zero-order valence-corrected chi connectivity index (χ0v) is 20.6. The summed E-state index contributed by atoms with van der Waals surface area (Å²) in [5, 5.41) is 3.56. The van der Waals surface area contributed by atoms with Crippen LogP contribution >= 0.6 is 0 Å². The molecule has 3 heterocycles. The molecular formula is C26H33N5O3. The highest BCUT2D eigenvalue weighted by Gasteiger charge is 2.25. The number of rotatable bonds is 6. The zero-order chi connectivity index (χ0) is 24.4. The van der Waals surface area contributed by atoms with Gasteiger partial charge in [0.05, 0.1) is 12.6 Å². The molecule has 8 heteroatoms. The molecule has 2 aromatic heterocycles. The number of aromatic nitrogens is 2. The van der Waals surface area contributed by atoms with Crippen LogP contribution in [-0.4, -0.2) is 60.7 Å². The van der Waals surface area contributed by atoms with Crippen molar-refractivity contribution in [3.05, 3.63) is 58.0 Å². The van der Waals surface area contributed by atoms with Gasteiger partial charge < -0.3 is 24.4 Å². The molecule has 8 nitrogen and oxygen atoms in total. The Labute approximate surface area is 200 Å². The van der Waals surface area contributed by atoms with Gasteiger partial charge in [-0.25, -0.2) is 4.98 Å². The summed E-state index contributed by atoms with van der Waals surface area (Å²) < 4.78 is 7.42. The van der Waals surface area contributed by atoms with Crippen LogP contribution in [0.2, 0.25) is 0 Å². The minimum Gasteiger partial charge on any atom is -0.495 e. The molecule has 0 bridgehead atoms. The van der Waals surface area contributed by atoms with Crippen LogP contribution in [0.15, 0.2) is 41.3 Å². The van der Waals surface area contributed by atoms with Gasteiger partial charge in [-0.1, -0.05) is 19.9 Å². The van der Waals surface area contributed by atoms with Gasteiger partial charge in [-0.05, 0) is 49.7 Å². The van der Waals surface area contributed by atoms with Crippen molar-refractivity contribution in [2.45, 2.75) is 27.3 Å². The summed E-state index contributed by atoms with van der Waals surface area (Å²) in [5.41, 5.74) is 2.27. The summed E-state index contributed by atoms with van der Waals surface area (Å²) in [4.78, 5) is 35.9. The Morgan fingerprint density at radius 3 is 2.56 bits per heavy atom. The molecule has 0 spiro atoms. The minimum absolute atomic E-state index is 0.00349. The molecule has 0 atom stereocenters. The molecule has 1 aliphatic heterocycles. The Kier molecular flexibility index (Phi) is 6.88. The largest absolute Gasteiger partial charge is 0.495 e. The van der Waals surface area contributed by atoms with E-state index in [2.05, 4.69) is 47.1 Å². The first kappa shape index (κ1) is 23.8. The Morgan fingerprint density at radius 1 is 1.18 bits per heavy atom. The van der Waals surface area contributed by atoms with E-state index in [9.17, 15) is 9.59 Å². The van der Waals surface area contributed by atoms with Crippen molar-refractivity contribution < 1.29 is 9.53 Å². The molecule has 3 aromatic rings. The second-order valence-corrected chi connectivity index (χ2v) is 9.33. The van der Waals surface area contributed by atoms with Gasteiger partial charge in [-0.2, -0.15) is 0 Å². The summed E-state index contributed by atoms with van der Waals surface area (Å²) in [6, 6.07) is 9.73. The SMILES string of the molecule is COc1c(C(=O)Nc2ncccc2C)c(=O)n(CC(C)C)c2ccc(N3CCN(C)CC3)cc12. The first-order valence-corrected chi connectivity index (χ1v) is 11.7. The van der Waals surface area contributed by atoms with Crippen LogP contribution in [0, 0.1) is 12.8 Å². The van der Waals surface area contributed by atoms with E-state index >= 15 is 0 Å². The lowest BCUT2D eigenvalue weighted by Crippen LogP contribution is -2.44. The number of hydrogen-bond donors (Lipinski definition) is 1. The number of carbonyl (C=O) groups is 1. The monoisotopic (exact) mass is 463 g/mol. The number of ether oxygens (including phenoxy) is 1. The topological polar surface area (TPSA) is 79.7 Å². The lowest BCUT2D eigenvalue weighted by molar-refractivity contribution is 0.102. The van der Waals surface area contributed by atoms with Gasteiger partial charge >= 0.3 is 0 Å². The van der Waals surface area contributed by atoms with Crippen molar-refractivity contribution in [2.24, 2.45) is 5.92 Å². The highest BCUT2D eigenvalue weighted by atomic mass is 16.5. The fourth-order valence-electron chi connectivity index (χ4n) is 4.42. The number of methoxy groups -OCH3 is 1. The van der Waals surface area contributed by atoms with Crippen molar-refractivity contribution in [3.63, 3.8) is 0 Å². The minimum atomic E-state index is -0.520. The molecule has 180 valence electrons. The maximum absolute atomic E-state index is 13.6. The summed E-state index contributed by atoms with van der Waals surface area (Å²) in [6.45, 7) is 10.3. The van der Waals surface area contributed by atoms with Gasteiger partial charge in [0.2, 0.25) is 0 Å². The number of carbonyl (C=O) groups excluding carboxylic acids is 1. The van der Waals surface area contributed by atoms with Gasteiger partial charge in [0.15, 0.2) is 0 Å². The fourth-order valence-corrected chi connectivity index (χ4v) is 4.42. The van der Waals surface area contributed by atoms with Crippen LogP contribution in [0.3, 0.4) is 0 Å². The highest BCUT2D eigenvalue weighted by Crippen LogP contribution is 2.32. The fraction of sp³-hybridized carbons (Fsp3) is 0.423. The smallest absolute Gasteiger partial charge is 0.267 e. The number of likely N-dealkylation sites (N-methyl/N-ethyl adjacent to an activating group) is 1. The standard InChI is InChI=1S/C26H33N5O3/c1-17(2)16-31-21-9-8-19(30-13-11-29(4)12-14-30)15-20(21)23(34-5)22(26(31)33)25(32)28-24-18(3)7-6-10-27-24/h6-10,15,17H,11-14,16H2,1-5H3,(H,27,28,32). The zero-order valence-electron chi connectivity index (χ0n) is 20.6. The van der Waals surface area contributed by atoms with E-state index < -0.39 is 5.91 Å². The lowest BCUT2D eigenvalue weighted by Gasteiger charge is -2.34. The van der Waals surface area contributed by atoms with Gasteiger partial charge in [0.1, 0.15) is 17.1 Å². The third-order valence-electron chi connectivity index (χ3n) is 6.29. The van der Waals surface area contributed by atoms with Crippen LogP contribution in [-0.2, 0) is 6.54 Å². The first-order chi connectivity index (χ1) is 16.3. The number of nitrogens with zero attached hydrogens (tertiary/aromatic N) is 4. The van der Waals surface area contributed by atoms with E-state index in [4.69, 9.17) is 4.74 Å². The molecule has 1 N–H and O–H groups in total. The second kappa shape index (κ2) is 9.85. The number of benzene rings is 1. The summed E-state index contributed by atoms with van der Waals surface area (Å²) in [7, 11) is 3.63. The van der Waals surface area contributed by atoms with Gasteiger partial charge in [-0.3, -0.25) is 9.59 Å². The average molecular weight is 464 g/mol. The molecule has 34 heavy (non-hydrogen) atoms. The number of nitrogens with one attached hydrogen (secondary N) is 1. The van der Waals surface area contributed by atoms with Crippen LogP contribution in [0.25, 0.3) is 10.9 Å². The summed E-state index contributed by atoms with van der Waals surface area (Å²) in [6.07, 6.45) is 1.61. The van der Waals surface area contributed by atoms with Crippen molar-refractivity contribution in [1.82, 2.24) is 14.5 Å². The predicted octanol–water partition coefficient (Wildman–Crippen LogP) is 3.37. The molecule has 0 saturated carbocycles. The molecule has 1 fully saturated rings. The number of amides is 1. The average Bonchev–Trinajstić information content (AvgIpc) is 2.81. The van der Waals surface area contributed by atoms with E-state index in [1.807, 2.05) is 25.1 Å². The van der Waals surface area contributed by atoms with Crippen molar-refractivity contribution >= 4 is 28.3 Å². The molecule has 1 saturated heterocycles. The van der Waals surface area contributed by atoms with E-state index in [-0.39, 0.29) is 17.0 Å². The first-order valence-electron chi connectivity index (χ1n) is 11.7. The number of pyridine rings is 2. The van der Waals surface area contributed by atoms with Crippen molar-refractivity contribution in [1.29, 1.82) is 0 Å². The number of fused-ring (bicyclic) bond motifs is 1. The maximum Gasteiger partial charge on any atom is 0.267 e. The van der Waals surface area contributed by atoms with Crippen LogP contribution < -0.4 is 20.5 Å². The van der Waals surface area contributed by atoms with Crippen molar-refractivity contribution in [3.8, 4) is 5.75 Å². The molecule has 4 rings (SSSR count). The van der Waals surface area contributed by atoms with Gasteiger partial charge in [0.25, 0.3) is 11.5 Å². The van der Waals surface area contributed by atoms with Gasteiger partial charge in [0, 0.05) is 50.0 Å². The van der Waals surface area contributed by atoms with E-state index in [0.717, 1.165) is 48.3 Å². The molecule has 1 aromatic carbocycles. The Hall–Kier alpha value is -3.39. The molecule has 0 radical (unpaired) electrons. The number of hydrogen-bond acceptors (Lipinski definition) is 6. The molecule has 0 unspecified atom stereocenters. The van der Waals surface area contributed by atoms with Crippen LogP contribution in [0.4, 0.5) is 11.5 Å². The summed E-state index contributed by atoms with van der Waals surface area (Å²) >= 11 is 0. The van der Waals surface area contributed by atoms with E-state index in [1.54, 1.807) is 16.8 Å². The van der Waals surface area contributed by atoms with Gasteiger partial charge in [-0.15, -0.1) is 0 Å². The third kappa shape index (κ3) is 4.63. The molecule has 0 aliphatic carbocycles. The maximum atomic E-state index is 13.6. The summed E-state index contributed by atoms with van der Waals surface area (Å²) in [5.74, 6) is 0.423. The van der Waals surface area contributed by atoms with E-state index in [0.29, 0.717) is 18.1 Å². The Bertz CT molecular complexity index is 1260. The molecular weight excluding hydrogens is 430 g/mol. The molecule has 1 amide bonds. The number of piperazine rings is 1. The number of aryl methyl sites for hydroxylation is 1. The van der Waals surface area contributed by atoms with E-state index in [1.165, 1.54) is 7.11 Å². The highest BCUT2D eigenvalue weighted by molar-refractivity contribution is 6.09. The number of anilines is 2. The quantitative estimate of drug-likeness (QED) is 0.604. The third-order valence-corrected chi connectivity index (χ3v) is 6.29. The lowest BCUT2D eigenvalue weighted by atomic mass is 10.1. The van der Waals surface area contributed by atoms with Crippen LogP contribution in [0.5, 0.6) is 5.75 Å². The normalized spacial score (nSPS) is 14.6. The molecule has 1 aliphatic rings. The Balaban J connectivity index is 1.87. The second-order valence-electron chi connectivity index (χ2n) is 9.33.